The fourth-order valence-electron chi connectivity index (χ4n) is 5.70. The molecule has 7 heteroatoms. The lowest BCUT2D eigenvalue weighted by Crippen LogP contribution is -2.07. The van der Waals surface area contributed by atoms with Crippen LogP contribution in [0.15, 0.2) is 120 Å². The van der Waals surface area contributed by atoms with Gasteiger partial charge in [-0.05, 0) is 92.4 Å². The van der Waals surface area contributed by atoms with Crippen molar-refractivity contribution in [2.24, 2.45) is 0 Å². The van der Waals surface area contributed by atoms with Crippen molar-refractivity contribution in [2.75, 3.05) is 6.61 Å². The number of benzene rings is 5. The van der Waals surface area contributed by atoms with E-state index in [-0.39, 0.29) is 6.61 Å². The molecule has 5 nitrogen and oxygen atoms in total. The quantitative estimate of drug-likeness (QED) is 0.176. The molecule has 212 valence electrons. The molecule has 0 atom stereocenters. The van der Waals surface area contributed by atoms with Gasteiger partial charge in [-0.1, -0.05) is 72.8 Å². The van der Waals surface area contributed by atoms with Gasteiger partial charge in [-0.25, -0.2) is 9.42 Å². The standard InChI is InChI=1S/C37H24N2O3S2/c1-2-41-37(40)29-21-28(32-17-15-30(43-32)26-13-11-22-7-3-5-9-24(22)19-26)35-36(39-42-38-35)34(29)33-18-16-31(44-33)27-14-12-23-8-4-6-10-25(23)20-27/h3-21H,2H2,1H3. The first-order valence-electron chi connectivity index (χ1n) is 14.3. The molecule has 8 aromatic rings. The molecule has 0 N–H and O–H groups in total. The zero-order valence-corrected chi connectivity index (χ0v) is 25.2. The molecule has 44 heavy (non-hydrogen) atoms. The van der Waals surface area contributed by atoms with Gasteiger partial charge in [0.25, 0.3) is 0 Å². The molecular formula is C37H24N2O3S2. The summed E-state index contributed by atoms with van der Waals surface area (Å²) in [4.78, 5) is 17.5. The summed E-state index contributed by atoms with van der Waals surface area (Å²) in [6.07, 6.45) is 0. The summed E-state index contributed by atoms with van der Waals surface area (Å²) in [6, 6.07) is 39.8. The molecule has 0 amide bonds. The molecule has 0 spiro atoms. The Labute approximate surface area is 260 Å². The summed E-state index contributed by atoms with van der Waals surface area (Å²) in [7, 11) is 0. The number of rotatable bonds is 6. The Morgan fingerprint density at radius 1 is 0.636 bits per heavy atom. The van der Waals surface area contributed by atoms with Crippen LogP contribution in [-0.2, 0) is 4.74 Å². The fourth-order valence-corrected chi connectivity index (χ4v) is 7.78. The highest BCUT2D eigenvalue weighted by Crippen LogP contribution is 2.44. The number of esters is 1. The minimum absolute atomic E-state index is 0.264. The Hall–Kier alpha value is -5.11. The minimum atomic E-state index is -0.402. The Balaban J connectivity index is 1.24. The maximum atomic E-state index is 13.5. The molecule has 3 heterocycles. The van der Waals surface area contributed by atoms with E-state index in [4.69, 9.17) is 9.37 Å². The summed E-state index contributed by atoms with van der Waals surface area (Å²) in [5, 5.41) is 13.4. The monoisotopic (exact) mass is 608 g/mol. The Bertz CT molecular complexity index is 2350. The van der Waals surface area contributed by atoms with Gasteiger partial charge in [0, 0.05) is 30.6 Å². The van der Waals surface area contributed by atoms with Crippen LogP contribution in [0.2, 0.25) is 0 Å². The molecule has 0 unspecified atom stereocenters. The van der Waals surface area contributed by atoms with Crippen LogP contribution < -0.4 is 0 Å². The molecule has 8 rings (SSSR count). The van der Waals surface area contributed by atoms with Gasteiger partial charge < -0.3 is 4.74 Å². The normalized spacial score (nSPS) is 11.5. The number of aromatic nitrogens is 2. The highest BCUT2D eigenvalue weighted by Gasteiger charge is 2.26. The van der Waals surface area contributed by atoms with Gasteiger partial charge >= 0.3 is 5.97 Å². The minimum Gasteiger partial charge on any atom is -0.462 e. The van der Waals surface area contributed by atoms with Gasteiger partial charge in [0.05, 0.1) is 12.2 Å². The van der Waals surface area contributed by atoms with Crippen LogP contribution in [0.1, 0.15) is 17.3 Å². The van der Waals surface area contributed by atoms with E-state index in [1.54, 1.807) is 22.7 Å². The topological polar surface area (TPSA) is 65.2 Å². The third-order valence-electron chi connectivity index (χ3n) is 7.83. The first-order valence-corrected chi connectivity index (χ1v) is 15.9. The number of carbonyl (C=O) groups is 1. The van der Waals surface area contributed by atoms with E-state index in [0.29, 0.717) is 22.2 Å². The summed E-state index contributed by atoms with van der Waals surface area (Å²) in [6.45, 7) is 2.08. The predicted molar refractivity (Wildman–Crippen MR) is 180 cm³/mol. The zero-order valence-electron chi connectivity index (χ0n) is 23.6. The number of thiophene rings is 2. The third-order valence-corrected chi connectivity index (χ3v) is 10.1. The van der Waals surface area contributed by atoms with Crippen LogP contribution in [0, 0.1) is 0 Å². The number of fused-ring (bicyclic) bond motifs is 3. The van der Waals surface area contributed by atoms with Crippen molar-refractivity contribution in [3.8, 4) is 41.8 Å². The lowest BCUT2D eigenvalue weighted by Gasteiger charge is -2.10. The van der Waals surface area contributed by atoms with E-state index < -0.39 is 5.97 Å². The molecule has 3 aromatic heterocycles. The van der Waals surface area contributed by atoms with Crippen molar-refractivity contribution in [3.05, 3.63) is 121 Å². The van der Waals surface area contributed by atoms with E-state index in [1.807, 2.05) is 37.3 Å². The van der Waals surface area contributed by atoms with Crippen molar-refractivity contribution in [1.29, 1.82) is 0 Å². The van der Waals surface area contributed by atoms with Crippen LogP contribution in [0.3, 0.4) is 0 Å². The highest BCUT2D eigenvalue weighted by molar-refractivity contribution is 7.19. The van der Waals surface area contributed by atoms with Gasteiger partial charge in [0.1, 0.15) is 11.0 Å². The summed E-state index contributed by atoms with van der Waals surface area (Å²) < 4.78 is 10.9. The number of ether oxygens (including phenoxy) is 1. The molecule has 0 aliphatic heterocycles. The molecule has 0 saturated heterocycles. The lowest BCUT2D eigenvalue weighted by molar-refractivity contribution is 0.0527. The van der Waals surface area contributed by atoms with E-state index in [1.165, 1.54) is 21.5 Å². The predicted octanol–water partition coefficient (Wildman–Crippen LogP) is 10.5. The smallest absolute Gasteiger partial charge is 0.338 e. The largest absolute Gasteiger partial charge is 0.462 e. The van der Waals surface area contributed by atoms with Crippen LogP contribution in [0.25, 0.3) is 74.3 Å². The maximum absolute atomic E-state index is 13.5. The van der Waals surface area contributed by atoms with Gasteiger partial charge in [-0.3, -0.25) is 0 Å². The van der Waals surface area contributed by atoms with Crippen molar-refractivity contribution >= 4 is 61.2 Å². The Kier molecular flexibility index (Phi) is 6.55. The maximum Gasteiger partial charge on any atom is 0.338 e. The molecule has 0 aliphatic rings. The zero-order chi connectivity index (χ0) is 29.6. The first-order chi connectivity index (χ1) is 21.7. The average Bonchev–Trinajstić information content (AvgIpc) is 3.85. The molecule has 0 saturated carbocycles. The third kappa shape index (κ3) is 4.58. The summed E-state index contributed by atoms with van der Waals surface area (Å²) >= 11 is 3.25. The molecule has 5 aromatic carbocycles. The van der Waals surface area contributed by atoms with Crippen molar-refractivity contribution in [2.45, 2.75) is 6.92 Å². The number of hydrogen-bond acceptors (Lipinski definition) is 7. The number of carbonyl (C=O) groups excluding carboxylic acids is 1. The van der Waals surface area contributed by atoms with Gasteiger partial charge in [0.2, 0.25) is 0 Å². The van der Waals surface area contributed by atoms with Gasteiger partial charge in [-0.15, -0.1) is 22.7 Å². The average molecular weight is 609 g/mol. The van der Waals surface area contributed by atoms with E-state index >= 15 is 0 Å². The Morgan fingerprint density at radius 2 is 1.18 bits per heavy atom. The van der Waals surface area contributed by atoms with E-state index in [0.717, 1.165) is 36.2 Å². The molecule has 0 fully saturated rings. The molecule has 0 radical (unpaired) electrons. The van der Waals surface area contributed by atoms with E-state index in [9.17, 15) is 4.79 Å². The Morgan fingerprint density at radius 3 is 1.82 bits per heavy atom. The second kappa shape index (κ2) is 10.9. The van der Waals surface area contributed by atoms with Crippen molar-refractivity contribution < 1.29 is 14.2 Å². The van der Waals surface area contributed by atoms with E-state index in [2.05, 4.69) is 95.2 Å². The van der Waals surface area contributed by atoms with Gasteiger partial charge in [-0.2, -0.15) is 0 Å². The highest BCUT2D eigenvalue weighted by atomic mass is 32.1. The van der Waals surface area contributed by atoms with Crippen molar-refractivity contribution in [1.82, 2.24) is 10.3 Å². The summed E-state index contributed by atoms with van der Waals surface area (Å²) in [5.74, 6) is -0.402. The van der Waals surface area contributed by atoms with Crippen LogP contribution in [-0.4, -0.2) is 22.9 Å². The second-order valence-corrected chi connectivity index (χ2v) is 12.6. The lowest BCUT2D eigenvalue weighted by atomic mass is 9.99. The SMILES string of the molecule is CCOC(=O)c1cc(-c2ccc(-c3ccc4ccccc4c3)s2)c2nonc2c1-c1ccc(-c2ccc3ccccc3c2)s1. The van der Waals surface area contributed by atoms with Crippen LogP contribution in [0.5, 0.6) is 0 Å². The summed E-state index contributed by atoms with van der Waals surface area (Å²) in [5.41, 5.74) is 5.31. The van der Waals surface area contributed by atoms with Crippen LogP contribution >= 0.6 is 22.7 Å². The molecule has 0 aliphatic carbocycles. The number of hydrogen-bond donors (Lipinski definition) is 0. The number of nitrogens with zero attached hydrogens (tertiary/aromatic N) is 2. The molecular weight excluding hydrogens is 585 g/mol. The molecule has 0 bridgehead atoms. The van der Waals surface area contributed by atoms with Crippen molar-refractivity contribution in [3.63, 3.8) is 0 Å². The fraction of sp³-hybridized carbons (Fsp3) is 0.0541. The van der Waals surface area contributed by atoms with Crippen LogP contribution in [0.4, 0.5) is 0 Å². The first kappa shape index (κ1) is 26.5. The van der Waals surface area contributed by atoms with Gasteiger partial charge in [0.15, 0.2) is 0 Å². The second-order valence-electron chi connectivity index (χ2n) is 10.5.